The molecule has 1 aliphatic carbocycles. The number of piperidine rings is 1. The van der Waals surface area contributed by atoms with Gasteiger partial charge in [0.05, 0.1) is 0 Å². The summed E-state index contributed by atoms with van der Waals surface area (Å²) in [6, 6.07) is 11.7. The van der Waals surface area contributed by atoms with E-state index in [0.717, 1.165) is 24.9 Å². The highest BCUT2D eigenvalue weighted by molar-refractivity contribution is 5.20. The molecule has 1 aliphatic heterocycles. The maximum absolute atomic E-state index is 5.84. The Morgan fingerprint density at radius 3 is 2.65 bits per heavy atom. The summed E-state index contributed by atoms with van der Waals surface area (Å²) in [6.45, 7) is 4.25. The molecule has 1 saturated heterocycles. The molecule has 1 saturated carbocycles. The second kappa shape index (κ2) is 7.09. The zero-order valence-corrected chi connectivity index (χ0v) is 12.3. The zero-order valence-electron chi connectivity index (χ0n) is 12.3. The van der Waals surface area contributed by atoms with Crippen molar-refractivity contribution in [1.82, 2.24) is 10.2 Å². The molecule has 0 radical (unpaired) electrons. The van der Waals surface area contributed by atoms with E-state index in [0.29, 0.717) is 6.04 Å². The number of hydrogen-bond acceptors (Lipinski definition) is 3. The molecular formula is C17H26N2O. The van der Waals surface area contributed by atoms with Crippen LogP contribution in [0.5, 0.6) is 5.75 Å². The van der Waals surface area contributed by atoms with Crippen LogP contribution in [-0.2, 0) is 0 Å². The van der Waals surface area contributed by atoms with E-state index >= 15 is 0 Å². The van der Waals surface area contributed by atoms with Crippen LogP contribution in [0.15, 0.2) is 30.3 Å². The summed E-state index contributed by atoms with van der Waals surface area (Å²) >= 11 is 0. The van der Waals surface area contributed by atoms with E-state index in [-0.39, 0.29) is 0 Å². The van der Waals surface area contributed by atoms with Crippen molar-refractivity contribution in [2.75, 3.05) is 26.2 Å². The molecule has 1 heterocycles. The fourth-order valence-electron chi connectivity index (χ4n) is 3.02. The van der Waals surface area contributed by atoms with Crippen molar-refractivity contribution in [3.8, 4) is 5.75 Å². The Morgan fingerprint density at radius 1 is 1.10 bits per heavy atom. The Bertz CT molecular complexity index is 385. The third-order valence-electron chi connectivity index (χ3n) is 4.32. The number of nitrogens with zero attached hydrogens (tertiary/aromatic N) is 1. The molecule has 2 fully saturated rings. The number of hydrogen-bond donors (Lipinski definition) is 1. The summed E-state index contributed by atoms with van der Waals surface area (Å²) in [4.78, 5) is 2.63. The molecule has 20 heavy (non-hydrogen) atoms. The van der Waals surface area contributed by atoms with Crippen molar-refractivity contribution >= 4 is 0 Å². The number of ether oxygens (including phenoxy) is 1. The normalized spacial score (nSPS) is 22.9. The van der Waals surface area contributed by atoms with Crippen molar-refractivity contribution in [3.63, 3.8) is 0 Å². The fraction of sp³-hybridized carbons (Fsp3) is 0.647. The summed E-state index contributed by atoms with van der Waals surface area (Å²) < 4.78 is 5.84. The molecule has 110 valence electrons. The van der Waals surface area contributed by atoms with Gasteiger partial charge in [-0.2, -0.15) is 0 Å². The highest BCUT2D eigenvalue weighted by Crippen LogP contribution is 2.27. The lowest BCUT2D eigenvalue weighted by Gasteiger charge is -2.30. The highest BCUT2D eigenvalue weighted by Gasteiger charge is 2.30. The number of rotatable bonds is 7. The van der Waals surface area contributed by atoms with Gasteiger partial charge in [0.15, 0.2) is 0 Å². The van der Waals surface area contributed by atoms with Crippen LogP contribution in [0.25, 0.3) is 0 Å². The molecule has 1 aromatic rings. The van der Waals surface area contributed by atoms with Gasteiger partial charge in [0.25, 0.3) is 0 Å². The summed E-state index contributed by atoms with van der Waals surface area (Å²) in [5.41, 5.74) is 0. The van der Waals surface area contributed by atoms with Crippen LogP contribution in [0.4, 0.5) is 0 Å². The molecule has 0 aromatic heterocycles. The van der Waals surface area contributed by atoms with Crippen molar-refractivity contribution < 1.29 is 4.74 Å². The molecule has 1 atom stereocenters. The first-order valence-electron chi connectivity index (χ1n) is 8.07. The van der Waals surface area contributed by atoms with Crippen molar-refractivity contribution in [3.05, 3.63) is 30.3 Å². The summed E-state index contributed by atoms with van der Waals surface area (Å²) in [5.74, 6) is 0.985. The quantitative estimate of drug-likeness (QED) is 0.827. The predicted octanol–water partition coefficient (Wildman–Crippen LogP) is 2.67. The van der Waals surface area contributed by atoms with E-state index in [2.05, 4.69) is 10.2 Å². The minimum absolute atomic E-state index is 0.695. The van der Waals surface area contributed by atoms with E-state index < -0.39 is 0 Å². The first kappa shape index (κ1) is 13.9. The second-order valence-electron chi connectivity index (χ2n) is 6.03. The SMILES string of the molecule is c1ccc(OCCN(CC2CCCCN2)C2CC2)cc1. The summed E-state index contributed by atoms with van der Waals surface area (Å²) in [6.07, 6.45) is 6.81. The smallest absolute Gasteiger partial charge is 0.119 e. The largest absolute Gasteiger partial charge is 0.492 e. The van der Waals surface area contributed by atoms with E-state index in [1.54, 1.807) is 0 Å². The van der Waals surface area contributed by atoms with Gasteiger partial charge in [-0.05, 0) is 44.4 Å². The Morgan fingerprint density at radius 2 is 1.95 bits per heavy atom. The third kappa shape index (κ3) is 4.22. The van der Waals surface area contributed by atoms with Crippen LogP contribution in [0.3, 0.4) is 0 Å². The maximum Gasteiger partial charge on any atom is 0.119 e. The Labute approximate surface area is 122 Å². The third-order valence-corrected chi connectivity index (χ3v) is 4.32. The van der Waals surface area contributed by atoms with Gasteiger partial charge in [-0.25, -0.2) is 0 Å². The van der Waals surface area contributed by atoms with E-state index in [4.69, 9.17) is 4.74 Å². The Kier molecular flexibility index (Phi) is 4.93. The van der Waals surface area contributed by atoms with Gasteiger partial charge in [0.1, 0.15) is 12.4 Å². The molecule has 0 amide bonds. The standard InChI is InChI=1S/C17H26N2O/c1-2-7-17(8-3-1)20-13-12-19(16-9-10-16)14-15-6-4-5-11-18-15/h1-3,7-8,15-16,18H,4-6,9-14H2. The number of para-hydroxylation sites is 1. The number of benzene rings is 1. The molecule has 3 rings (SSSR count). The van der Waals surface area contributed by atoms with Crippen molar-refractivity contribution in [1.29, 1.82) is 0 Å². The van der Waals surface area contributed by atoms with Crippen molar-refractivity contribution in [2.45, 2.75) is 44.2 Å². The molecule has 1 unspecified atom stereocenters. The van der Waals surface area contributed by atoms with Crippen LogP contribution >= 0.6 is 0 Å². The average Bonchev–Trinajstić information content (AvgIpc) is 3.33. The lowest BCUT2D eigenvalue weighted by molar-refractivity contribution is 0.176. The van der Waals surface area contributed by atoms with Gasteiger partial charge >= 0.3 is 0 Å². The lowest BCUT2D eigenvalue weighted by Crippen LogP contribution is -2.45. The van der Waals surface area contributed by atoms with Gasteiger partial charge in [-0.1, -0.05) is 24.6 Å². The topological polar surface area (TPSA) is 24.5 Å². The van der Waals surface area contributed by atoms with Gasteiger partial charge < -0.3 is 10.1 Å². The minimum Gasteiger partial charge on any atom is -0.492 e. The van der Waals surface area contributed by atoms with Gasteiger partial charge in [0.2, 0.25) is 0 Å². The van der Waals surface area contributed by atoms with Crippen LogP contribution in [0.1, 0.15) is 32.1 Å². The Hall–Kier alpha value is -1.06. The molecule has 1 N–H and O–H groups in total. The monoisotopic (exact) mass is 274 g/mol. The van der Waals surface area contributed by atoms with Gasteiger partial charge in [-0.3, -0.25) is 4.90 Å². The lowest BCUT2D eigenvalue weighted by atomic mass is 10.0. The zero-order chi connectivity index (χ0) is 13.6. The predicted molar refractivity (Wildman–Crippen MR) is 82.2 cm³/mol. The van der Waals surface area contributed by atoms with Crippen LogP contribution in [0.2, 0.25) is 0 Å². The molecule has 1 aromatic carbocycles. The van der Waals surface area contributed by atoms with E-state index in [1.807, 2.05) is 30.3 Å². The minimum atomic E-state index is 0.695. The first-order valence-corrected chi connectivity index (χ1v) is 8.07. The summed E-state index contributed by atoms with van der Waals surface area (Å²) in [5, 5.41) is 3.66. The molecular weight excluding hydrogens is 248 g/mol. The number of nitrogens with one attached hydrogen (secondary N) is 1. The van der Waals surface area contributed by atoms with E-state index in [9.17, 15) is 0 Å². The molecule has 2 aliphatic rings. The molecule has 0 spiro atoms. The molecule has 3 nitrogen and oxygen atoms in total. The molecule has 3 heteroatoms. The van der Waals surface area contributed by atoms with Crippen LogP contribution < -0.4 is 10.1 Å². The highest BCUT2D eigenvalue weighted by atomic mass is 16.5. The van der Waals surface area contributed by atoms with Crippen molar-refractivity contribution in [2.24, 2.45) is 0 Å². The Balaban J connectivity index is 1.42. The summed E-state index contributed by atoms with van der Waals surface area (Å²) in [7, 11) is 0. The second-order valence-corrected chi connectivity index (χ2v) is 6.03. The van der Waals surface area contributed by atoms with Gasteiger partial charge in [-0.15, -0.1) is 0 Å². The fourth-order valence-corrected chi connectivity index (χ4v) is 3.02. The first-order chi connectivity index (χ1) is 9.92. The maximum atomic E-state index is 5.84. The van der Waals surface area contributed by atoms with E-state index in [1.165, 1.54) is 45.2 Å². The average molecular weight is 274 g/mol. The van der Waals surface area contributed by atoms with Crippen LogP contribution in [0, 0.1) is 0 Å². The van der Waals surface area contributed by atoms with Crippen LogP contribution in [-0.4, -0.2) is 43.2 Å². The van der Waals surface area contributed by atoms with Gasteiger partial charge in [0, 0.05) is 25.2 Å². The molecule has 0 bridgehead atoms.